The van der Waals surface area contributed by atoms with Crippen LogP contribution in [0.2, 0.25) is 0 Å². The SMILES string of the molecule is O=C(Nc1ccc(F)cc1F)C1CCCN(C(=O)Nc2ccccc2)C1. The van der Waals surface area contributed by atoms with Crippen LogP contribution in [0.5, 0.6) is 0 Å². The predicted octanol–water partition coefficient (Wildman–Crippen LogP) is 3.85. The number of hydrogen-bond acceptors (Lipinski definition) is 2. The molecule has 0 aliphatic carbocycles. The molecule has 1 aliphatic rings. The van der Waals surface area contributed by atoms with Crippen LogP contribution in [0.25, 0.3) is 0 Å². The van der Waals surface area contributed by atoms with Crippen LogP contribution in [-0.4, -0.2) is 29.9 Å². The number of nitrogens with zero attached hydrogens (tertiary/aromatic N) is 1. The summed E-state index contributed by atoms with van der Waals surface area (Å²) in [7, 11) is 0. The highest BCUT2D eigenvalue weighted by Gasteiger charge is 2.29. The molecular weight excluding hydrogens is 340 g/mol. The summed E-state index contributed by atoms with van der Waals surface area (Å²) >= 11 is 0. The van der Waals surface area contributed by atoms with Crippen LogP contribution in [0.15, 0.2) is 48.5 Å². The number of urea groups is 1. The van der Waals surface area contributed by atoms with Crippen molar-refractivity contribution >= 4 is 23.3 Å². The zero-order chi connectivity index (χ0) is 18.5. The molecule has 7 heteroatoms. The van der Waals surface area contributed by atoms with E-state index in [0.29, 0.717) is 25.1 Å². The number of rotatable bonds is 3. The first-order valence-corrected chi connectivity index (χ1v) is 8.40. The molecule has 0 spiro atoms. The minimum Gasteiger partial charge on any atom is -0.324 e. The van der Waals surface area contributed by atoms with E-state index in [9.17, 15) is 18.4 Å². The third-order valence-electron chi connectivity index (χ3n) is 4.29. The van der Waals surface area contributed by atoms with Crippen molar-refractivity contribution in [3.05, 3.63) is 60.2 Å². The van der Waals surface area contributed by atoms with E-state index in [2.05, 4.69) is 10.6 Å². The maximum Gasteiger partial charge on any atom is 0.321 e. The molecule has 1 aliphatic heterocycles. The number of para-hydroxylation sites is 1. The van der Waals surface area contributed by atoms with Gasteiger partial charge < -0.3 is 15.5 Å². The van der Waals surface area contributed by atoms with Gasteiger partial charge in [0.25, 0.3) is 0 Å². The normalized spacial score (nSPS) is 16.8. The Morgan fingerprint density at radius 1 is 1.04 bits per heavy atom. The van der Waals surface area contributed by atoms with Gasteiger partial charge in [0, 0.05) is 24.8 Å². The quantitative estimate of drug-likeness (QED) is 0.874. The van der Waals surface area contributed by atoms with E-state index in [1.165, 1.54) is 6.07 Å². The van der Waals surface area contributed by atoms with Gasteiger partial charge in [-0.25, -0.2) is 13.6 Å². The van der Waals surface area contributed by atoms with Gasteiger partial charge in [0.05, 0.1) is 11.6 Å². The van der Waals surface area contributed by atoms with Crippen molar-refractivity contribution in [1.29, 1.82) is 0 Å². The maximum atomic E-state index is 13.7. The highest BCUT2D eigenvalue weighted by atomic mass is 19.1. The van der Waals surface area contributed by atoms with E-state index in [0.717, 1.165) is 12.1 Å². The lowest BCUT2D eigenvalue weighted by Gasteiger charge is -2.32. The molecule has 26 heavy (non-hydrogen) atoms. The molecule has 0 bridgehead atoms. The molecule has 0 radical (unpaired) electrons. The van der Waals surface area contributed by atoms with Gasteiger partial charge in [-0.15, -0.1) is 0 Å². The van der Waals surface area contributed by atoms with Crippen LogP contribution in [0.1, 0.15) is 12.8 Å². The average molecular weight is 359 g/mol. The first-order chi connectivity index (χ1) is 12.5. The summed E-state index contributed by atoms with van der Waals surface area (Å²) in [6, 6.07) is 11.8. The molecule has 2 aromatic rings. The van der Waals surface area contributed by atoms with Crippen molar-refractivity contribution in [2.24, 2.45) is 5.92 Å². The topological polar surface area (TPSA) is 61.4 Å². The fourth-order valence-electron chi connectivity index (χ4n) is 2.93. The lowest BCUT2D eigenvalue weighted by atomic mass is 9.97. The average Bonchev–Trinajstić information content (AvgIpc) is 2.65. The number of piperidine rings is 1. The second-order valence-corrected chi connectivity index (χ2v) is 6.19. The van der Waals surface area contributed by atoms with Crippen LogP contribution >= 0.6 is 0 Å². The third kappa shape index (κ3) is 4.36. The first-order valence-electron chi connectivity index (χ1n) is 8.40. The van der Waals surface area contributed by atoms with Crippen LogP contribution in [0.3, 0.4) is 0 Å². The van der Waals surface area contributed by atoms with Gasteiger partial charge in [-0.2, -0.15) is 0 Å². The predicted molar refractivity (Wildman–Crippen MR) is 94.7 cm³/mol. The molecule has 3 amide bonds. The van der Waals surface area contributed by atoms with E-state index < -0.39 is 17.6 Å². The lowest BCUT2D eigenvalue weighted by molar-refractivity contribution is -0.121. The summed E-state index contributed by atoms with van der Waals surface area (Å²) < 4.78 is 26.7. The number of nitrogens with one attached hydrogen (secondary N) is 2. The van der Waals surface area contributed by atoms with Gasteiger partial charge in [-0.3, -0.25) is 4.79 Å². The zero-order valence-corrected chi connectivity index (χ0v) is 14.0. The van der Waals surface area contributed by atoms with Crippen LogP contribution in [0.4, 0.5) is 25.0 Å². The third-order valence-corrected chi connectivity index (χ3v) is 4.29. The van der Waals surface area contributed by atoms with Crippen molar-refractivity contribution in [3.63, 3.8) is 0 Å². The van der Waals surface area contributed by atoms with Gasteiger partial charge in [-0.05, 0) is 37.1 Å². The monoisotopic (exact) mass is 359 g/mol. The number of benzene rings is 2. The Bertz CT molecular complexity index is 799. The highest BCUT2D eigenvalue weighted by molar-refractivity contribution is 5.94. The molecule has 1 heterocycles. The molecule has 2 N–H and O–H groups in total. The fraction of sp³-hybridized carbons (Fsp3) is 0.263. The smallest absolute Gasteiger partial charge is 0.321 e. The van der Waals surface area contributed by atoms with Crippen LogP contribution in [-0.2, 0) is 4.79 Å². The van der Waals surface area contributed by atoms with E-state index in [1.54, 1.807) is 17.0 Å². The number of halogens is 2. The molecule has 5 nitrogen and oxygen atoms in total. The van der Waals surface area contributed by atoms with Gasteiger partial charge >= 0.3 is 6.03 Å². The summed E-state index contributed by atoms with van der Waals surface area (Å²) in [6.07, 6.45) is 1.27. The second kappa shape index (κ2) is 7.95. The minimum atomic E-state index is -0.826. The fourth-order valence-corrected chi connectivity index (χ4v) is 2.93. The largest absolute Gasteiger partial charge is 0.324 e. The number of amides is 3. The summed E-state index contributed by atoms with van der Waals surface area (Å²) in [5, 5.41) is 5.27. The summed E-state index contributed by atoms with van der Waals surface area (Å²) in [5.74, 6) is -2.36. The Labute approximate surface area is 150 Å². The summed E-state index contributed by atoms with van der Waals surface area (Å²) in [6.45, 7) is 0.792. The standard InChI is InChI=1S/C19H19F2N3O2/c20-14-8-9-17(16(21)11-14)23-18(25)13-5-4-10-24(12-13)19(26)22-15-6-2-1-3-7-15/h1-3,6-9,11,13H,4-5,10,12H2,(H,22,26)(H,23,25). The molecule has 0 saturated carbocycles. The summed E-state index contributed by atoms with van der Waals surface area (Å²) in [5.41, 5.74) is 0.611. The van der Waals surface area contributed by atoms with Crippen LogP contribution in [0, 0.1) is 17.6 Å². The Kier molecular flexibility index (Phi) is 5.46. The van der Waals surface area contributed by atoms with Gasteiger partial charge in [0.1, 0.15) is 11.6 Å². The molecule has 1 atom stereocenters. The molecule has 2 aromatic carbocycles. The molecular formula is C19H19F2N3O2. The molecule has 0 aromatic heterocycles. The van der Waals surface area contributed by atoms with Crippen molar-refractivity contribution < 1.29 is 18.4 Å². The van der Waals surface area contributed by atoms with Crippen molar-refractivity contribution in [2.75, 3.05) is 23.7 Å². The van der Waals surface area contributed by atoms with Crippen molar-refractivity contribution in [2.45, 2.75) is 12.8 Å². The Hall–Kier alpha value is -2.96. The number of carbonyl (C=O) groups excluding carboxylic acids is 2. The number of anilines is 2. The molecule has 1 unspecified atom stereocenters. The molecule has 3 rings (SSSR count). The van der Waals surface area contributed by atoms with E-state index in [4.69, 9.17) is 0 Å². The lowest BCUT2D eigenvalue weighted by Crippen LogP contribution is -2.45. The molecule has 1 saturated heterocycles. The van der Waals surface area contributed by atoms with Crippen LogP contribution < -0.4 is 10.6 Å². The Morgan fingerprint density at radius 3 is 2.54 bits per heavy atom. The van der Waals surface area contributed by atoms with Gasteiger partial charge in [0.2, 0.25) is 5.91 Å². The molecule has 136 valence electrons. The number of hydrogen-bond donors (Lipinski definition) is 2. The Balaban J connectivity index is 1.60. The van der Waals surface area contributed by atoms with Gasteiger partial charge in [-0.1, -0.05) is 18.2 Å². The maximum absolute atomic E-state index is 13.7. The van der Waals surface area contributed by atoms with E-state index >= 15 is 0 Å². The Morgan fingerprint density at radius 2 is 1.81 bits per heavy atom. The van der Waals surface area contributed by atoms with Gasteiger partial charge in [0.15, 0.2) is 0 Å². The summed E-state index contributed by atoms with van der Waals surface area (Å²) in [4.78, 5) is 26.3. The number of likely N-dealkylation sites (tertiary alicyclic amines) is 1. The first kappa shape index (κ1) is 17.8. The van der Waals surface area contributed by atoms with Crippen molar-refractivity contribution in [1.82, 2.24) is 4.90 Å². The zero-order valence-electron chi connectivity index (χ0n) is 14.0. The minimum absolute atomic E-state index is 0.0674. The molecule has 1 fully saturated rings. The van der Waals surface area contributed by atoms with Crippen molar-refractivity contribution in [3.8, 4) is 0 Å². The number of carbonyl (C=O) groups is 2. The second-order valence-electron chi connectivity index (χ2n) is 6.19. The highest BCUT2D eigenvalue weighted by Crippen LogP contribution is 2.21. The van der Waals surface area contributed by atoms with E-state index in [-0.39, 0.29) is 24.2 Å². The van der Waals surface area contributed by atoms with E-state index in [1.807, 2.05) is 18.2 Å².